The lowest BCUT2D eigenvalue weighted by molar-refractivity contribution is 0.0696. The molecule has 0 unspecified atom stereocenters. The summed E-state index contributed by atoms with van der Waals surface area (Å²) in [6, 6.07) is 4.77. The minimum atomic E-state index is -1.26. The topological polar surface area (TPSA) is 66.4 Å². The first-order valence-corrected chi connectivity index (χ1v) is 6.72. The smallest absolute Gasteiger partial charge is 0.335 e. The highest BCUT2D eigenvalue weighted by Gasteiger charge is 2.12. The Morgan fingerprint density at radius 3 is 2.58 bits per heavy atom. The number of amides is 1. The predicted octanol–water partition coefficient (Wildman–Crippen LogP) is 3.60. The van der Waals surface area contributed by atoms with E-state index in [9.17, 15) is 14.0 Å². The van der Waals surface area contributed by atoms with Gasteiger partial charge in [-0.3, -0.25) is 4.79 Å². The Morgan fingerprint density at radius 2 is 2.00 bits per heavy atom. The molecule has 0 saturated carbocycles. The van der Waals surface area contributed by atoms with E-state index in [1.54, 1.807) is 11.4 Å². The average molecular weight is 344 g/mol. The first-order chi connectivity index (χ1) is 8.95. The number of carboxylic acids is 1. The van der Waals surface area contributed by atoms with E-state index in [4.69, 9.17) is 5.11 Å². The Bertz CT molecular complexity index is 656. The highest BCUT2D eigenvalue weighted by atomic mass is 79.9. The van der Waals surface area contributed by atoms with Crippen molar-refractivity contribution < 1.29 is 19.1 Å². The molecule has 0 fully saturated rings. The molecular formula is C12H7BrFNO3S. The molecule has 1 amide bonds. The van der Waals surface area contributed by atoms with E-state index in [1.165, 1.54) is 17.4 Å². The lowest BCUT2D eigenvalue weighted by Crippen LogP contribution is -2.11. The van der Waals surface area contributed by atoms with Gasteiger partial charge in [-0.05, 0) is 40.2 Å². The second-order valence-electron chi connectivity index (χ2n) is 3.62. The van der Waals surface area contributed by atoms with E-state index < -0.39 is 17.7 Å². The molecule has 4 nitrogen and oxygen atoms in total. The third kappa shape index (κ3) is 3.39. The lowest BCUT2D eigenvalue weighted by atomic mass is 10.2. The second-order valence-corrected chi connectivity index (χ2v) is 5.44. The van der Waals surface area contributed by atoms with Crippen molar-refractivity contribution in [1.82, 2.24) is 0 Å². The Labute approximate surface area is 120 Å². The van der Waals surface area contributed by atoms with Crippen molar-refractivity contribution in [2.75, 3.05) is 5.32 Å². The molecule has 98 valence electrons. The third-order valence-corrected chi connectivity index (χ3v) is 3.88. The summed E-state index contributed by atoms with van der Waals surface area (Å²) in [5.41, 5.74) is -0.116. The zero-order valence-corrected chi connectivity index (χ0v) is 11.7. The highest BCUT2D eigenvalue weighted by molar-refractivity contribution is 9.10. The summed E-state index contributed by atoms with van der Waals surface area (Å²) in [7, 11) is 0. The van der Waals surface area contributed by atoms with E-state index in [-0.39, 0.29) is 11.3 Å². The van der Waals surface area contributed by atoms with Gasteiger partial charge in [0.2, 0.25) is 0 Å². The molecule has 1 aromatic heterocycles. The summed E-state index contributed by atoms with van der Waals surface area (Å²) < 4.78 is 14.0. The van der Waals surface area contributed by atoms with Gasteiger partial charge in [-0.2, -0.15) is 0 Å². The van der Waals surface area contributed by atoms with Crippen LogP contribution >= 0.6 is 27.3 Å². The van der Waals surface area contributed by atoms with Crippen LogP contribution < -0.4 is 5.32 Å². The minimum absolute atomic E-state index is 0.104. The van der Waals surface area contributed by atoms with Gasteiger partial charge in [0.15, 0.2) is 0 Å². The molecular weight excluding hydrogens is 337 g/mol. The van der Waals surface area contributed by atoms with Crippen LogP contribution in [0, 0.1) is 5.82 Å². The Morgan fingerprint density at radius 1 is 1.26 bits per heavy atom. The molecule has 0 atom stereocenters. The highest BCUT2D eigenvalue weighted by Crippen LogP contribution is 2.21. The SMILES string of the molecule is O=C(O)c1cc(F)cc(NC(=O)c2cc(Br)cs2)c1. The van der Waals surface area contributed by atoms with Crippen LogP contribution in [0.5, 0.6) is 0 Å². The fraction of sp³-hybridized carbons (Fsp3) is 0. The molecule has 2 aromatic rings. The van der Waals surface area contributed by atoms with Crippen molar-refractivity contribution in [1.29, 1.82) is 0 Å². The molecule has 0 aliphatic heterocycles. The maximum Gasteiger partial charge on any atom is 0.335 e. The normalized spacial score (nSPS) is 10.2. The van der Waals surface area contributed by atoms with Gasteiger partial charge < -0.3 is 10.4 Å². The Balaban J connectivity index is 2.23. The molecule has 1 aromatic carbocycles. The number of carbonyl (C=O) groups is 2. The Kier molecular flexibility index (Phi) is 3.96. The number of rotatable bonds is 3. The molecule has 0 aliphatic carbocycles. The van der Waals surface area contributed by atoms with Gasteiger partial charge in [0.05, 0.1) is 10.4 Å². The number of carboxylic acid groups (broad SMARTS) is 1. The van der Waals surface area contributed by atoms with Crippen LogP contribution in [0.2, 0.25) is 0 Å². The molecule has 0 radical (unpaired) electrons. The number of hydrogen-bond donors (Lipinski definition) is 2. The van der Waals surface area contributed by atoms with Crippen LogP contribution in [-0.4, -0.2) is 17.0 Å². The number of thiophene rings is 1. The van der Waals surface area contributed by atoms with Crippen molar-refractivity contribution in [3.8, 4) is 0 Å². The van der Waals surface area contributed by atoms with Gasteiger partial charge in [0, 0.05) is 15.5 Å². The first-order valence-electron chi connectivity index (χ1n) is 5.05. The monoisotopic (exact) mass is 343 g/mol. The van der Waals surface area contributed by atoms with Gasteiger partial charge in [-0.1, -0.05) is 0 Å². The minimum Gasteiger partial charge on any atom is -0.478 e. The molecule has 2 N–H and O–H groups in total. The average Bonchev–Trinajstić information content (AvgIpc) is 2.75. The molecule has 0 bridgehead atoms. The molecule has 0 spiro atoms. The van der Waals surface area contributed by atoms with Crippen LogP contribution in [0.15, 0.2) is 34.1 Å². The molecule has 2 rings (SSSR count). The molecule has 7 heteroatoms. The maximum absolute atomic E-state index is 13.2. The number of aromatic carboxylic acids is 1. The van der Waals surface area contributed by atoms with Gasteiger partial charge in [0.1, 0.15) is 5.82 Å². The fourth-order valence-electron chi connectivity index (χ4n) is 1.41. The molecule has 19 heavy (non-hydrogen) atoms. The van der Waals surface area contributed by atoms with Gasteiger partial charge in [-0.15, -0.1) is 11.3 Å². The van der Waals surface area contributed by atoms with Crippen molar-refractivity contribution >= 4 is 44.8 Å². The van der Waals surface area contributed by atoms with Crippen molar-refractivity contribution in [2.45, 2.75) is 0 Å². The number of nitrogens with one attached hydrogen (secondary N) is 1. The van der Waals surface area contributed by atoms with Crippen LogP contribution in [0.3, 0.4) is 0 Å². The predicted molar refractivity (Wildman–Crippen MR) is 73.3 cm³/mol. The van der Waals surface area contributed by atoms with Crippen molar-refractivity contribution in [3.63, 3.8) is 0 Å². The van der Waals surface area contributed by atoms with Gasteiger partial charge >= 0.3 is 5.97 Å². The second kappa shape index (κ2) is 5.50. The molecule has 1 heterocycles. The summed E-state index contributed by atoms with van der Waals surface area (Å²) in [5.74, 6) is -2.39. The van der Waals surface area contributed by atoms with E-state index in [1.807, 2.05) is 0 Å². The van der Waals surface area contributed by atoms with E-state index >= 15 is 0 Å². The Hall–Kier alpha value is -1.73. The van der Waals surface area contributed by atoms with E-state index in [0.29, 0.717) is 4.88 Å². The van der Waals surface area contributed by atoms with E-state index in [0.717, 1.165) is 16.6 Å². The van der Waals surface area contributed by atoms with Crippen molar-refractivity contribution in [2.24, 2.45) is 0 Å². The summed E-state index contributed by atoms with van der Waals surface area (Å²) in [6.07, 6.45) is 0. The summed E-state index contributed by atoms with van der Waals surface area (Å²) in [5, 5.41) is 13.0. The number of halogens is 2. The molecule has 0 saturated heterocycles. The first kappa shape index (κ1) is 13.7. The summed E-state index contributed by atoms with van der Waals surface area (Å²) in [4.78, 5) is 23.0. The van der Waals surface area contributed by atoms with E-state index in [2.05, 4.69) is 21.2 Å². The molecule has 0 aliphatic rings. The zero-order valence-electron chi connectivity index (χ0n) is 9.31. The van der Waals surface area contributed by atoms with Crippen LogP contribution in [0.25, 0.3) is 0 Å². The van der Waals surface area contributed by atoms with Gasteiger partial charge in [0.25, 0.3) is 5.91 Å². The largest absolute Gasteiger partial charge is 0.478 e. The standard InChI is InChI=1S/C12H7BrFNO3S/c13-7-3-10(19-5-7)11(16)15-9-2-6(12(17)18)1-8(14)4-9/h1-5H,(H,15,16)(H,17,18). The summed E-state index contributed by atoms with van der Waals surface area (Å²) in [6.45, 7) is 0. The number of anilines is 1. The maximum atomic E-state index is 13.2. The van der Waals surface area contributed by atoms with Crippen LogP contribution in [0.4, 0.5) is 10.1 Å². The number of benzene rings is 1. The van der Waals surface area contributed by atoms with Crippen molar-refractivity contribution in [3.05, 3.63) is 50.4 Å². The summed E-state index contributed by atoms with van der Waals surface area (Å²) >= 11 is 4.44. The zero-order chi connectivity index (χ0) is 14.0. The lowest BCUT2D eigenvalue weighted by Gasteiger charge is -2.05. The quantitative estimate of drug-likeness (QED) is 0.894. The third-order valence-electron chi connectivity index (χ3n) is 2.19. The van der Waals surface area contributed by atoms with Crippen LogP contribution in [-0.2, 0) is 0 Å². The van der Waals surface area contributed by atoms with Gasteiger partial charge in [-0.25, -0.2) is 9.18 Å². The van der Waals surface area contributed by atoms with Crippen LogP contribution in [0.1, 0.15) is 20.0 Å². The fourth-order valence-corrected chi connectivity index (χ4v) is 2.73. The number of carbonyl (C=O) groups excluding carboxylic acids is 1. The number of hydrogen-bond acceptors (Lipinski definition) is 3.